The second kappa shape index (κ2) is 15.0. The molecule has 0 bridgehead atoms. The number of para-hydroxylation sites is 1. The molecule has 0 aliphatic heterocycles. The van der Waals surface area contributed by atoms with Crippen molar-refractivity contribution in [2.24, 2.45) is 0 Å². The molecule has 0 fully saturated rings. The van der Waals surface area contributed by atoms with Crippen molar-refractivity contribution >= 4 is 38.6 Å². The first-order chi connectivity index (χ1) is 28.3. The summed E-state index contributed by atoms with van der Waals surface area (Å²) in [6, 6.07) is 85.7. The molecule has 0 unspecified atom stereocenters. The largest absolute Gasteiger partial charge is 0.309 e. The first kappa shape index (κ1) is 34.0. The Morgan fingerprint density at radius 3 is 1.30 bits per heavy atom. The van der Waals surface area contributed by atoms with Gasteiger partial charge < -0.3 is 4.90 Å². The molecule has 1 nitrogen and oxygen atoms in total. The van der Waals surface area contributed by atoms with Crippen LogP contribution in [0.3, 0.4) is 0 Å². The number of hydrogen-bond donors (Lipinski definition) is 0. The van der Waals surface area contributed by atoms with Gasteiger partial charge in [-0.2, -0.15) is 0 Å². The molecule has 0 saturated heterocycles. The van der Waals surface area contributed by atoms with E-state index in [9.17, 15) is 0 Å². The van der Waals surface area contributed by atoms with Crippen LogP contribution in [0.1, 0.15) is 0 Å². The maximum Gasteiger partial charge on any atom is 0.0547 e. The molecule has 268 valence electrons. The van der Waals surface area contributed by atoms with E-state index in [4.69, 9.17) is 0 Å². The summed E-state index contributed by atoms with van der Waals surface area (Å²) in [5, 5.41) is 4.89. The van der Waals surface area contributed by atoms with Gasteiger partial charge in [-0.1, -0.05) is 212 Å². The highest BCUT2D eigenvalue weighted by Crippen LogP contribution is 2.51. The maximum absolute atomic E-state index is 2.50. The highest BCUT2D eigenvalue weighted by molar-refractivity contribution is 6.25. The van der Waals surface area contributed by atoms with Gasteiger partial charge in [-0.3, -0.25) is 0 Å². The Kier molecular flexibility index (Phi) is 8.95. The molecule has 57 heavy (non-hydrogen) atoms. The number of benzene rings is 10. The van der Waals surface area contributed by atoms with Crippen LogP contribution in [0, 0.1) is 0 Å². The summed E-state index contributed by atoms with van der Waals surface area (Å²) in [5.41, 5.74) is 15.2. The zero-order chi connectivity index (χ0) is 38.0. The minimum atomic E-state index is 1.08. The van der Waals surface area contributed by atoms with Crippen LogP contribution in [0.5, 0.6) is 0 Å². The Hall–Kier alpha value is -7.48. The number of fused-ring (bicyclic) bond motifs is 3. The zero-order valence-electron chi connectivity index (χ0n) is 31.5. The topological polar surface area (TPSA) is 3.24 Å². The molecule has 0 saturated carbocycles. The average molecular weight is 726 g/mol. The third kappa shape index (κ3) is 6.26. The van der Waals surface area contributed by atoms with Crippen LogP contribution in [0.4, 0.5) is 17.1 Å². The number of nitrogens with zero attached hydrogens (tertiary/aromatic N) is 1. The van der Waals surface area contributed by atoms with E-state index in [2.05, 4.69) is 241 Å². The van der Waals surface area contributed by atoms with Gasteiger partial charge in [-0.15, -0.1) is 0 Å². The van der Waals surface area contributed by atoms with Gasteiger partial charge >= 0.3 is 0 Å². The highest BCUT2D eigenvalue weighted by atomic mass is 15.1. The molecule has 1 heteroatoms. The van der Waals surface area contributed by atoms with E-state index in [0.717, 1.165) is 22.6 Å². The normalized spacial score (nSPS) is 11.2. The first-order valence-electron chi connectivity index (χ1n) is 19.6. The fourth-order valence-electron chi connectivity index (χ4n) is 8.54. The van der Waals surface area contributed by atoms with Crippen LogP contribution in [0.25, 0.3) is 77.2 Å². The van der Waals surface area contributed by atoms with Crippen molar-refractivity contribution in [2.45, 2.75) is 0 Å². The second-order valence-electron chi connectivity index (χ2n) is 14.4. The minimum absolute atomic E-state index is 1.08. The van der Waals surface area contributed by atoms with Crippen molar-refractivity contribution in [1.82, 2.24) is 0 Å². The zero-order valence-corrected chi connectivity index (χ0v) is 31.5. The third-order valence-corrected chi connectivity index (χ3v) is 11.1. The van der Waals surface area contributed by atoms with Crippen molar-refractivity contribution in [3.63, 3.8) is 0 Å². The quantitative estimate of drug-likeness (QED) is 0.141. The van der Waals surface area contributed by atoms with Gasteiger partial charge in [-0.05, 0) is 84.9 Å². The van der Waals surface area contributed by atoms with Crippen molar-refractivity contribution in [2.75, 3.05) is 4.90 Å². The Bertz CT molecular complexity index is 2970. The maximum atomic E-state index is 2.50. The standard InChI is InChI=1S/C56H39N/c1-6-21-40(22-7-1)46-38-37-45(39-51(46)42-25-10-3-11-26-42)57(52-35-19-18-31-47(52)41-23-8-2-9-24-41)53-36-20-34-50-48-32-16-17-33-49(48)54(43-27-12-4-13-28-43)55(56(50)53)44-29-14-5-15-30-44/h1-39H. The van der Waals surface area contributed by atoms with Gasteiger partial charge in [0, 0.05) is 22.2 Å². The van der Waals surface area contributed by atoms with Gasteiger partial charge in [-0.25, -0.2) is 0 Å². The van der Waals surface area contributed by atoms with Crippen molar-refractivity contribution in [1.29, 1.82) is 0 Å². The smallest absolute Gasteiger partial charge is 0.0547 e. The molecule has 0 heterocycles. The van der Waals surface area contributed by atoms with Crippen LogP contribution in [-0.2, 0) is 0 Å². The molecular weight excluding hydrogens is 687 g/mol. The molecule has 10 aromatic rings. The summed E-state index contributed by atoms with van der Waals surface area (Å²) in [5.74, 6) is 0. The molecule has 0 N–H and O–H groups in total. The average Bonchev–Trinajstić information content (AvgIpc) is 3.30. The number of anilines is 3. The molecule has 0 aliphatic carbocycles. The minimum Gasteiger partial charge on any atom is -0.309 e. The van der Waals surface area contributed by atoms with Crippen molar-refractivity contribution in [3.8, 4) is 55.6 Å². The van der Waals surface area contributed by atoms with Crippen molar-refractivity contribution < 1.29 is 0 Å². The SMILES string of the molecule is c1ccc(-c2ccc(N(c3ccccc3-c3ccccc3)c3cccc4c3c(-c3ccccc3)c(-c3ccccc3)c3ccccc34)cc2-c2ccccc2)cc1. The van der Waals surface area contributed by atoms with Gasteiger partial charge in [0.1, 0.15) is 0 Å². The molecule has 10 aromatic carbocycles. The molecular formula is C56H39N. The second-order valence-corrected chi connectivity index (χ2v) is 14.4. The predicted octanol–water partition coefficient (Wildman–Crippen LogP) is 15.8. The molecule has 0 aliphatic rings. The Morgan fingerprint density at radius 1 is 0.246 bits per heavy atom. The van der Waals surface area contributed by atoms with E-state index in [0.29, 0.717) is 0 Å². The highest BCUT2D eigenvalue weighted by Gasteiger charge is 2.25. The van der Waals surface area contributed by atoms with Crippen LogP contribution in [-0.4, -0.2) is 0 Å². The molecule has 0 radical (unpaired) electrons. The van der Waals surface area contributed by atoms with Crippen LogP contribution in [0.2, 0.25) is 0 Å². The van der Waals surface area contributed by atoms with Crippen LogP contribution in [0.15, 0.2) is 237 Å². The Labute approximate surface area is 334 Å². The lowest BCUT2D eigenvalue weighted by atomic mass is 9.84. The van der Waals surface area contributed by atoms with Gasteiger partial charge in [0.15, 0.2) is 0 Å². The lowest BCUT2D eigenvalue weighted by Crippen LogP contribution is -2.12. The lowest BCUT2D eigenvalue weighted by molar-refractivity contribution is 1.30. The third-order valence-electron chi connectivity index (χ3n) is 11.1. The molecule has 0 atom stereocenters. The summed E-state index contributed by atoms with van der Waals surface area (Å²) in [4.78, 5) is 2.50. The van der Waals surface area contributed by atoms with Crippen LogP contribution < -0.4 is 4.90 Å². The number of hydrogen-bond acceptors (Lipinski definition) is 1. The lowest BCUT2D eigenvalue weighted by Gasteiger charge is -2.31. The summed E-state index contributed by atoms with van der Waals surface area (Å²) in [6.45, 7) is 0. The predicted molar refractivity (Wildman–Crippen MR) is 243 cm³/mol. The Morgan fingerprint density at radius 2 is 0.684 bits per heavy atom. The number of rotatable bonds is 8. The summed E-state index contributed by atoms with van der Waals surface area (Å²) in [6.07, 6.45) is 0. The first-order valence-corrected chi connectivity index (χ1v) is 19.6. The molecule has 0 aromatic heterocycles. The van der Waals surface area contributed by atoms with Gasteiger partial charge in [0.25, 0.3) is 0 Å². The van der Waals surface area contributed by atoms with E-state index in [1.54, 1.807) is 0 Å². The van der Waals surface area contributed by atoms with E-state index in [-0.39, 0.29) is 0 Å². The van der Waals surface area contributed by atoms with Gasteiger partial charge in [0.05, 0.1) is 11.4 Å². The monoisotopic (exact) mass is 725 g/mol. The van der Waals surface area contributed by atoms with Gasteiger partial charge in [0.2, 0.25) is 0 Å². The molecule has 0 amide bonds. The summed E-state index contributed by atoms with van der Waals surface area (Å²) >= 11 is 0. The Balaban J connectivity index is 1.36. The fraction of sp³-hybridized carbons (Fsp3) is 0. The molecule has 0 spiro atoms. The van der Waals surface area contributed by atoms with Crippen LogP contribution >= 0.6 is 0 Å². The van der Waals surface area contributed by atoms with E-state index in [1.807, 2.05) is 0 Å². The summed E-state index contributed by atoms with van der Waals surface area (Å²) < 4.78 is 0. The van der Waals surface area contributed by atoms with E-state index < -0.39 is 0 Å². The molecule has 10 rings (SSSR count). The van der Waals surface area contributed by atoms with Crippen molar-refractivity contribution in [3.05, 3.63) is 237 Å². The fourth-order valence-corrected chi connectivity index (χ4v) is 8.54. The van der Waals surface area contributed by atoms with E-state index >= 15 is 0 Å². The summed E-state index contributed by atoms with van der Waals surface area (Å²) in [7, 11) is 0. The van der Waals surface area contributed by atoms with E-state index in [1.165, 1.54) is 71.6 Å².